The van der Waals surface area contributed by atoms with E-state index >= 15 is 0 Å². The lowest BCUT2D eigenvalue weighted by Gasteiger charge is -2.18. The standard InChI is InChI=1S/C37H32N4O3S/c1-25-15-16-31(22-26(25)2)40-37(44)34(28-11-5-3-6-12-28)45-32-19-17-30(18-20-32)39-36(43)33(23-27-10-9-21-38-24-27)41-35(42)29-13-7-4-8-14-29/h3-24,34H,1-2H3,(H,39,43)(H,40,44)(H,41,42)/b33-23-. The van der Waals surface area contributed by atoms with E-state index in [-0.39, 0.29) is 11.6 Å². The van der Waals surface area contributed by atoms with Crippen LogP contribution in [0.25, 0.3) is 6.08 Å². The van der Waals surface area contributed by atoms with Crippen LogP contribution >= 0.6 is 11.8 Å². The van der Waals surface area contributed by atoms with Crippen LogP contribution in [0.2, 0.25) is 0 Å². The quantitative estimate of drug-likeness (QED) is 0.112. The summed E-state index contributed by atoms with van der Waals surface area (Å²) in [6.07, 6.45) is 4.81. The number of benzene rings is 4. The van der Waals surface area contributed by atoms with E-state index in [4.69, 9.17) is 0 Å². The van der Waals surface area contributed by atoms with E-state index in [9.17, 15) is 14.4 Å². The number of aryl methyl sites for hydroxylation is 2. The molecule has 3 amide bonds. The van der Waals surface area contributed by atoms with Gasteiger partial charge in [-0.05, 0) is 96.8 Å². The second kappa shape index (κ2) is 14.8. The van der Waals surface area contributed by atoms with Crippen molar-refractivity contribution < 1.29 is 14.4 Å². The van der Waals surface area contributed by atoms with Crippen LogP contribution < -0.4 is 16.0 Å². The number of hydrogen-bond acceptors (Lipinski definition) is 5. The summed E-state index contributed by atoms with van der Waals surface area (Å²) >= 11 is 1.42. The topological polar surface area (TPSA) is 100 Å². The van der Waals surface area contributed by atoms with Gasteiger partial charge in [-0.25, -0.2) is 0 Å². The van der Waals surface area contributed by atoms with Gasteiger partial charge in [0.25, 0.3) is 11.8 Å². The molecule has 0 aliphatic carbocycles. The molecule has 5 rings (SSSR count). The average Bonchev–Trinajstić information content (AvgIpc) is 3.07. The van der Waals surface area contributed by atoms with Gasteiger partial charge in [0, 0.05) is 34.2 Å². The summed E-state index contributed by atoms with van der Waals surface area (Å²) in [6.45, 7) is 4.05. The lowest BCUT2D eigenvalue weighted by atomic mass is 10.1. The third kappa shape index (κ3) is 8.55. The number of nitrogens with zero attached hydrogens (tertiary/aromatic N) is 1. The van der Waals surface area contributed by atoms with Crippen LogP contribution in [-0.2, 0) is 9.59 Å². The summed E-state index contributed by atoms with van der Waals surface area (Å²) in [6, 6.07) is 35.0. The first-order valence-corrected chi connectivity index (χ1v) is 15.2. The van der Waals surface area contributed by atoms with Gasteiger partial charge in [-0.1, -0.05) is 60.7 Å². The van der Waals surface area contributed by atoms with Gasteiger partial charge in [-0.15, -0.1) is 11.8 Å². The molecule has 1 aromatic heterocycles. The molecule has 0 spiro atoms. The van der Waals surface area contributed by atoms with Crippen LogP contribution in [0.4, 0.5) is 11.4 Å². The first-order valence-electron chi connectivity index (χ1n) is 14.3. The molecule has 45 heavy (non-hydrogen) atoms. The van der Waals surface area contributed by atoms with Crippen LogP contribution in [0.1, 0.15) is 37.9 Å². The third-order valence-electron chi connectivity index (χ3n) is 7.01. The Bertz CT molecular complexity index is 1810. The molecule has 1 unspecified atom stereocenters. The van der Waals surface area contributed by atoms with E-state index in [1.807, 2.05) is 80.6 Å². The van der Waals surface area contributed by atoms with Crippen molar-refractivity contribution in [3.05, 3.63) is 161 Å². The maximum Gasteiger partial charge on any atom is 0.272 e. The molecule has 0 radical (unpaired) electrons. The molecular formula is C37H32N4O3S. The van der Waals surface area contributed by atoms with Gasteiger partial charge < -0.3 is 16.0 Å². The molecule has 1 atom stereocenters. The van der Waals surface area contributed by atoms with Gasteiger partial charge in [0.15, 0.2) is 0 Å². The first-order chi connectivity index (χ1) is 21.9. The van der Waals surface area contributed by atoms with Gasteiger partial charge in [-0.3, -0.25) is 19.4 Å². The number of thioether (sulfide) groups is 1. The molecule has 0 fully saturated rings. The number of carbonyl (C=O) groups is 3. The minimum atomic E-state index is -0.504. The third-order valence-corrected chi connectivity index (χ3v) is 8.27. The summed E-state index contributed by atoms with van der Waals surface area (Å²) in [4.78, 5) is 44.7. The predicted molar refractivity (Wildman–Crippen MR) is 181 cm³/mol. The Hall–Kier alpha value is -5.47. The molecule has 8 heteroatoms. The zero-order chi connectivity index (χ0) is 31.6. The van der Waals surface area contributed by atoms with Crippen molar-refractivity contribution in [2.45, 2.75) is 24.0 Å². The van der Waals surface area contributed by atoms with E-state index in [0.717, 1.165) is 27.3 Å². The zero-order valence-electron chi connectivity index (χ0n) is 24.9. The Kier molecular flexibility index (Phi) is 10.2. The number of anilines is 2. The molecule has 1 heterocycles. The summed E-state index contributed by atoms with van der Waals surface area (Å²) in [5.74, 6) is -1.02. The van der Waals surface area contributed by atoms with Crippen LogP contribution in [0, 0.1) is 13.8 Å². The summed E-state index contributed by atoms with van der Waals surface area (Å²) < 4.78 is 0. The molecule has 224 valence electrons. The molecule has 5 aromatic rings. The van der Waals surface area contributed by atoms with E-state index in [1.54, 1.807) is 67.0 Å². The summed E-state index contributed by atoms with van der Waals surface area (Å²) in [7, 11) is 0. The molecule has 0 bridgehead atoms. The number of hydrogen-bond donors (Lipinski definition) is 3. The van der Waals surface area contributed by atoms with Gasteiger partial charge in [0.1, 0.15) is 10.9 Å². The average molecular weight is 613 g/mol. The van der Waals surface area contributed by atoms with Crippen LogP contribution in [0.15, 0.2) is 138 Å². The van der Waals surface area contributed by atoms with Gasteiger partial charge >= 0.3 is 0 Å². The SMILES string of the molecule is Cc1ccc(NC(=O)C(Sc2ccc(NC(=O)/C(=C/c3cccnc3)NC(=O)c3ccccc3)cc2)c2ccccc2)cc1C. The number of amides is 3. The number of aromatic nitrogens is 1. The largest absolute Gasteiger partial charge is 0.325 e. The lowest BCUT2D eigenvalue weighted by Crippen LogP contribution is -2.30. The number of rotatable bonds is 10. The fourth-order valence-corrected chi connectivity index (χ4v) is 5.47. The maximum atomic E-state index is 13.5. The Labute approximate surface area is 266 Å². The molecule has 0 saturated carbocycles. The fourth-order valence-electron chi connectivity index (χ4n) is 4.45. The van der Waals surface area contributed by atoms with Crippen molar-refractivity contribution in [3.63, 3.8) is 0 Å². The number of carbonyl (C=O) groups excluding carboxylic acids is 3. The van der Waals surface area contributed by atoms with Crippen LogP contribution in [0.5, 0.6) is 0 Å². The highest BCUT2D eigenvalue weighted by atomic mass is 32.2. The normalized spacial score (nSPS) is 11.7. The lowest BCUT2D eigenvalue weighted by molar-refractivity contribution is -0.116. The zero-order valence-corrected chi connectivity index (χ0v) is 25.7. The van der Waals surface area contributed by atoms with Gasteiger partial charge in [-0.2, -0.15) is 0 Å². The van der Waals surface area contributed by atoms with Gasteiger partial charge in [0.05, 0.1) is 0 Å². The maximum absolute atomic E-state index is 13.5. The van der Waals surface area contributed by atoms with Crippen molar-refractivity contribution >= 4 is 46.9 Å². The molecular weight excluding hydrogens is 580 g/mol. The molecule has 3 N–H and O–H groups in total. The molecule has 0 aliphatic heterocycles. The highest BCUT2D eigenvalue weighted by molar-refractivity contribution is 8.00. The van der Waals surface area contributed by atoms with Crippen molar-refractivity contribution in [3.8, 4) is 0 Å². The van der Waals surface area contributed by atoms with Crippen molar-refractivity contribution in [1.82, 2.24) is 10.3 Å². The van der Waals surface area contributed by atoms with Gasteiger partial charge in [0.2, 0.25) is 5.91 Å². The van der Waals surface area contributed by atoms with Crippen LogP contribution in [-0.4, -0.2) is 22.7 Å². The second-order valence-electron chi connectivity index (χ2n) is 10.3. The van der Waals surface area contributed by atoms with E-state index in [2.05, 4.69) is 20.9 Å². The van der Waals surface area contributed by atoms with Crippen LogP contribution in [0.3, 0.4) is 0 Å². The Morgan fingerprint density at radius 3 is 2.09 bits per heavy atom. The number of nitrogens with one attached hydrogen (secondary N) is 3. The summed E-state index contributed by atoms with van der Waals surface area (Å²) in [5.41, 5.74) is 5.58. The monoisotopic (exact) mass is 612 g/mol. The summed E-state index contributed by atoms with van der Waals surface area (Å²) in [5, 5.41) is 8.16. The highest BCUT2D eigenvalue weighted by Gasteiger charge is 2.23. The predicted octanol–water partition coefficient (Wildman–Crippen LogP) is 7.58. The Morgan fingerprint density at radius 1 is 0.733 bits per heavy atom. The first kappa shape index (κ1) is 31.0. The minimum Gasteiger partial charge on any atom is -0.325 e. The fraction of sp³-hybridized carbons (Fsp3) is 0.0811. The number of pyridine rings is 1. The minimum absolute atomic E-state index is 0.0717. The van der Waals surface area contributed by atoms with Crippen molar-refractivity contribution in [1.29, 1.82) is 0 Å². The van der Waals surface area contributed by atoms with Crippen molar-refractivity contribution in [2.24, 2.45) is 0 Å². The Morgan fingerprint density at radius 2 is 1.42 bits per heavy atom. The molecule has 7 nitrogen and oxygen atoms in total. The highest BCUT2D eigenvalue weighted by Crippen LogP contribution is 2.37. The van der Waals surface area contributed by atoms with E-state index in [1.165, 1.54) is 11.8 Å². The van der Waals surface area contributed by atoms with E-state index < -0.39 is 17.1 Å². The van der Waals surface area contributed by atoms with E-state index in [0.29, 0.717) is 16.8 Å². The molecule has 0 aliphatic rings. The Balaban J connectivity index is 1.31. The smallest absolute Gasteiger partial charge is 0.272 e. The molecule has 4 aromatic carbocycles. The second-order valence-corrected chi connectivity index (χ2v) is 11.5. The molecule has 0 saturated heterocycles. The van der Waals surface area contributed by atoms with Crippen molar-refractivity contribution in [2.75, 3.05) is 10.6 Å².